The van der Waals surface area contributed by atoms with Crippen LogP contribution in [0.4, 0.5) is 0 Å². The third-order valence-electron chi connectivity index (χ3n) is 11.2. The molecule has 0 saturated heterocycles. The summed E-state index contributed by atoms with van der Waals surface area (Å²) in [6.45, 7) is 2.45. The van der Waals surface area contributed by atoms with Gasteiger partial charge in [0.2, 0.25) is 0 Å². The highest BCUT2D eigenvalue weighted by Crippen LogP contribution is 2.80. The van der Waals surface area contributed by atoms with E-state index < -0.39 is 0 Å². The lowest BCUT2D eigenvalue weighted by molar-refractivity contribution is -0.213. The van der Waals surface area contributed by atoms with Crippen molar-refractivity contribution in [3.8, 4) is 0 Å². The smallest absolute Gasteiger partial charge is 0.177 e. The van der Waals surface area contributed by atoms with Gasteiger partial charge in [0.15, 0.2) is 6.29 Å². The van der Waals surface area contributed by atoms with E-state index in [2.05, 4.69) is 30.3 Å². The Balaban J connectivity index is 1.31. The van der Waals surface area contributed by atoms with Crippen LogP contribution in [0.25, 0.3) is 0 Å². The van der Waals surface area contributed by atoms with Crippen molar-refractivity contribution >= 4 is 5.71 Å². The molecule has 0 bridgehead atoms. The quantitative estimate of drug-likeness (QED) is 0.367. The molecule has 6 aliphatic carbocycles. The summed E-state index contributed by atoms with van der Waals surface area (Å²) in [7, 11) is 1.78. The zero-order chi connectivity index (χ0) is 21.0. The van der Waals surface area contributed by atoms with Gasteiger partial charge in [-0.2, -0.15) is 0 Å². The molecule has 5 saturated carbocycles. The summed E-state index contributed by atoms with van der Waals surface area (Å²) < 4.78 is 12.5. The first kappa shape index (κ1) is 19.3. The van der Waals surface area contributed by atoms with Crippen molar-refractivity contribution in [1.29, 1.82) is 0 Å². The Morgan fingerprint density at radius 1 is 1.19 bits per heavy atom. The van der Waals surface area contributed by atoms with Crippen LogP contribution in [0.1, 0.15) is 64.7 Å². The minimum absolute atomic E-state index is 0.0732. The number of allylic oxidation sites excluding steroid dienone is 2. The minimum atomic E-state index is -0.157. The summed E-state index contributed by atoms with van der Waals surface area (Å²) in [6.07, 6.45) is 18.3. The fraction of sp³-hybridized carbons (Fsp3) is 0.815. The number of rotatable bonds is 3. The van der Waals surface area contributed by atoms with E-state index in [4.69, 9.17) is 9.47 Å². The molecule has 7 aliphatic rings. The maximum atomic E-state index is 9.40. The lowest BCUT2D eigenvalue weighted by Gasteiger charge is -2.60. The van der Waals surface area contributed by atoms with Crippen molar-refractivity contribution in [3.05, 3.63) is 23.8 Å². The minimum Gasteiger partial charge on any atom is -0.411 e. The highest BCUT2D eigenvalue weighted by Gasteiger charge is 2.78. The fourth-order valence-electron chi connectivity index (χ4n) is 9.97. The molecule has 4 nitrogen and oxygen atoms in total. The van der Waals surface area contributed by atoms with E-state index in [0.29, 0.717) is 11.3 Å². The van der Waals surface area contributed by atoms with Crippen LogP contribution in [0.2, 0.25) is 0 Å². The van der Waals surface area contributed by atoms with Crippen LogP contribution in [-0.2, 0) is 9.47 Å². The number of fused-ring (bicyclic) bond motifs is 9. The monoisotopic (exact) mass is 423 g/mol. The molecule has 0 amide bonds. The van der Waals surface area contributed by atoms with Gasteiger partial charge in [0.05, 0.1) is 11.3 Å². The van der Waals surface area contributed by atoms with E-state index in [1.807, 2.05) is 0 Å². The second-order valence-electron chi connectivity index (χ2n) is 11.9. The lowest BCUT2D eigenvalue weighted by atomic mass is 9.45. The molecule has 1 N–H and O–H groups in total. The first-order valence-corrected chi connectivity index (χ1v) is 13.0. The molecule has 0 aromatic rings. The third kappa shape index (κ3) is 2.37. The fourth-order valence-corrected chi connectivity index (χ4v) is 9.97. The number of methoxy groups -OCH3 is 1. The van der Waals surface area contributed by atoms with Gasteiger partial charge in [0, 0.05) is 12.5 Å². The Hall–Kier alpha value is -1.13. The van der Waals surface area contributed by atoms with Crippen molar-refractivity contribution in [2.24, 2.45) is 57.9 Å². The normalized spacial score (nSPS) is 55.5. The number of hydrogen-bond donors (Lipinski definition) is 1. The molecule has 7 rings (SSSR count). The summed E-state index contributed by atoms with van der Waals surface area (Å²) in [6, 6.07) is 0. The van der Waals surface area contributed by atoms with Gasteiger partial charge in [-0.05, 0) is 117 Å². The van der Waals surface area contributed by atoms with Gasteiger partial charge in [-0.3, -0.25) is 0 Å². The highest BCUT2D eigenvalue weighted by molar-refractivity contribution is 5.96. The van der Waals surface area contributed by atoms with Gasteiger partial charge in [0.1, 0.15) is 0 Å². The highest BCUT2D eigenvalue weighted by atomic mass is 16.7. The van der Waals surface area contributed by atoms with Gasteiger partial charge in [0.25, 0.3) is 0 Å². The van der Waals surface area contributed by atoms with Gasteiger partial charge >= 0.3 is 0 Å². The number of nitrogens with zero attached hydrogens (tertiary/aromatic N) is 1. The zero-order valence-corrected chi connectivity index (χ0v) is 19.0. The van der Waals surface area contributed by atoms with Crippen molar-refractivity contribution in [2.75, 3.05) is 7.11 Å². The number of ether oxygens (including phenoxy) is 2. The van der Waals surface area contributed by atoms with Crippen LogP contribution in [0.5, 0.6) is 0 Å². The Bertz CT molecular complexity index is 874. The standard InChI is InChI=1S/C27H37NO3/c1-3-26-10-8-19-18-7-6-17(28-29)12-16(18)13-20(15-4-5-15)24(19)25(26)21-14-22(21)27(26)11-9-23(30-2)31-27/h9,11-12,15,18-25,29H,3-8,10,13-14H2,1-2H3/b28-17+/t18-,19?,20+,21+,22-,23?,24?,25?,26-,27-/m0/s1. The largest absolute Gasteiger partial charge is 0.411 e. The van der Waals surface area contributed by atoms with E-state index in [-0.39, 0.29) is 11.9 Å². The number of hydrogen-bond acceptors (Lipinski definition) is 4. The predicted molar refractivity (Wildman–Crippen MR) is 119 cm³/mol. The molecule has 4 unspecified atom stereocenters. The van der Waals surface area contributed by atoms with Crippen molar-refractivity contribution < 1.29 is 14.7 Å². The molecule has 1 aliphatic heterocycles. The number of oxime groups is 1. The summed E-state index contributed by atoms with van der Waals surface area (Å²) >= 11 is 0. The average Bonchev–Trinajstić information content (AvgIpc) is 3.74. The second kappa shape index (κ2) is 6.47. The Morgan fingerprint density at radius 3 is 2.77 bits per heavy atom. The third-order valence-corrected chi connectivity index (χ3v) is 11.2. The van der Waals surface area contributed by atoms with E-state index in [1.165, 1.54) is 51.4 Å². The van der Waals surface area contributed by atoms with Crippen molar-refractivity contribution in [1.82, 2.24) is 0 Å². The van der Waals surface area contributed by atoms with Crippen LogP contribution in [-0.4, -0.2) is 29.9 Å². The molecule has 1 spiro atoms. The topological polar surface area (TPSA) is 51.0 Å². The molecule has 31 heavy (non-hydrogen) atoms. The van der Waals surface area contributed by atoms with Gasteiger partial charge in [-0.15, -0.1) is 0 Å². The summed E-state index contributed by atoms with van der Waals surface area (Å²) in [4.78, 5) is 0. The predicted octanol–water partition coefficient (Wildman–Crippen LogP) is 5.57. The second-order valence-corrected chi connectivity index (χ2v) is 11.9. The van der Waals surface area contributed by atoms with Crippen LogP contribution >= 0.6 is 0 Å². The van der Waals surface area contributed by atoms with Crippen molar-refractivity contribution in [3.63, 3.8) is 0 Å². The average molecular weight is 424 g/mol. The molecule has 168 valence electrons. The van der Waals surface area contributed by atoms with Crippen LogP contribution in [0, 0.1) is 52.8 Å². The molecule has 0 radical (unpaired) electrons. The molecular formula is C27H37NO3. The molecule has 5 fully saturated rings. The Morgan fingerprint density at radius 2 is 2.06 bits per heavy atom. The van der Waals surface area contributed by atoms with E-state index in [0.717, 1.165) is 53.6 Å². The first-order chi connectivity index (χ1) is 15.2. The lowest BCUT2D eigenvalue weighted by Crippen LogP contribution is -2.58. The zero-order valence-electron chi connectivity index (χ0n) is 19.0. The van der Waals surface area contributed by atoms with Crippen LogP contribution < -0.4 is 0 Å². The molecule has 1 heterocycles. The Kier molecular flexibility index (Phi) is 4.04. The van der Waals surface area contributed by atoms with E-state index >= 15 is 0 Å². The Labute approximate surface area is 186 Å². The molecule has 4 heteroatoms. The SMILES string of the molecule is CC[C@]12CCC3C(C1[C@@H]1C[C@@H]1[C@@]21C=CC(OC)O1)[C@@H](C1CC1)CC1=C/C(=N/O)CC[C@@H]13. The summed E-state index contributed by atoms with van der Waals surface area (Å²) in [5.41, 5.74) is 2.76. The summed E-state index contributed by atoms with van der Waals surface area (Å²) in [5.74, 6) is 6.57. The summed E-state index contributed by atoms with van der Waals surface area (Å²) in [5, 5.41) is 13.0. The van der Waals surface area contributed by atoms with Gasteiger partial charge < -0.3 is 14.7 Å². The van der Waals surface area contributed by atoms with E-state index in [9.17, 15) is 5.21 Å². The molecule has 10 atom stereocenters. The molecular weight excluding hydrogens is 386 g/mol. The van der Waals surface area contributed by atoms with Gasteiger partial charge in [-0.1, -0.05) is 23.7 Å². The molecule has 0 aromatic heterocycles. The maximum Gasteiger partial charge on any atom is 0.177 e. The van der Waals surface area contributed by atoms with Crippen molar-refractivity contribution in [2.45, 2.75) is 76.6 Å². The first-order valence-electron chi connectivity index (χ1n) is 13.0. The van der Waals surface area contributed by atoms with E-state index in [1.54, 1.807) is 12.7 Å². The van der Waals surface area contributed by atoms with Gasteiger partial charge in [-0.25, -0.2) is 0 Å². The maximum absolute atomic E-state index is 9.40. The molecule has 0 aromatic carbocycles. The van der Waals surface area contributed by atoms with Crippen LogP contribution in [0.15, 0.2) is 29.0 Å². The van der Waals surface area contributed by atoms with Crippen LogP contribution in [0.3, 0.4) is 0 Å².